The Bertz CT molecular complexity index is 1720. The van der Waals surface area contributed by atoms with Crippen LogP contribution in [0.5, 0.6) is 0 Å². The summed E-state index contributed by atoms with van der Waals surface area (Å²) in [6.45, 7) is 1.92. The number of halogens is 2. The van der Waals surface area contributed by atoms with E-state index >= 15 is 0 Å². The number of amides is 2. The third kappa shape index (κ3) is 4.63. The average molecular weight is 529 g/mol. The second kappa shape index (κ2) is 9.43. The van der Waals surface area contributed by atoms with E-state index in [9.17, 15) is 18.4 Å². The Balaban J connectivity index is 1.19. The molecule has 3 heterocycles. The van der Waals surface area contributed by atoms with Gasteiger partial charge in [-0.25, -0.2) is 9.37 Å². The van der Waals surface area contributed by atoms with Crippen LogP contribution in [-0.4, -0.2) is 37.0 Å². The van der Waals surface area contributed by atoms with Crippen molar-refractivity contribution in [2.75, 3.05) is 0 Å². The molecule has 2 amide bonds. The van der Waals surface area contributed by atoms with Gasteiger partial charge in [0.1, 0.15) is 11.4 Å². The van der Waals surface area contributed by atoms with Gasteiger partial charge in [-0.3, -0.25) is 9.59 Å². The summed E-state index contributed by atoms with van der Waals surface area (Å²) in [6, 6.07) is 16.6. The fraction of sp³-hybridized carbons (Fsp3) is 0.179. The number of carbonyl (C=O) groups excluding carboxylic acids is 2. The Hall–Kier alpha value is -4.93. The molecule has 39 heavy (non-hydrogen) atoms. The zero-order valence-electron chi connectivity index (χ0n) is 20.7. The van der Waals surface area contributed by atoms with Crippen LogP contribution in [0.4, 0.5) is 8.78 Å². The Labute approximate surface area is 220 Å². The first kappa shape index (κ1) is 24.4. The van der Waals surface area contributed by atoms with Crippen molar-refractivity contribution >= 4 is 22.7 Å². The second-order valence-electron chi connectivity index (χ2n) is 9.43. The van der Waals surface area contributed by atoms with Crippen molar-refractivity contribution in [2.24, 2.45) is 0 Å². The van der Waals surface area contributed by atoms with Crippen LogP contribution in [-0.2, 0) is 11.3 Å². The summed E-state index contributed by atoms with van der Waals surface area (Å²) in [5.41, 5.74) is 1.76. The third-order valence-corrected chi connectivity index (χ3v) is 6.71. The van der Waals surface area contributed by atoms with Crippen molar-refractivity contribution in [3.8, 4) is 17.2 Å². The first-order valence-electron chi connectivity index (χ1n) is 12.3. The smallest absolute Gasteiger partial charge is 0.256 e. The quantitative estimate of drug-likeness (QED) is 0.306. The normalized spacial score (nSPS) is 13.8. The topological polar surface area (TPSA) is 115 Å². The maximum Gasteiger partial charge on any atom is 0.256 e. The minimum Gasteiger partial charge on any atom is -0.350 e. The minimum absolute atomic E-state index is 0.206. The maximum atomic E-state index is 13.9. The molecule has 0 unspecified atom stereocenters. The van der Waals surface area contributed by atoms with Gasteiger partial charge in [0.15, 0.2) is 0 Å². The van der Waals surface area contributed by atoms with Crippen LogP contribution in [0, 0.1) is 18.7 Å². The van der Waals surface area contributed by atoms with Crippen molar-refractivity contribution in [2.45, 2.75) is 31.8 Å². The van der Waals surface area contributed by atoms with Crippen LogP contribution in [0.2, 0.25) is 0 Å². The molecule has 0 spiro atoms. The molecule has 1 aliphatic rings. The summed E-state index contributed by atoms with van der Waals surface area (Å²) >= 11 is 0. The Morgan fingerprint density at radius 1 is 1.08 bits per heavy atom. The maximum absolute atomic E-state index is 13.9. The molecule has 1 fully saturated rings. The van der Waals surface area contributed by atoms with Gasteiger partial charge in [-0.15, -0.1) is 0 Å². The van der Waals surface area contributed by atoms with Gasteiger partial charge in [-0.05, 0) is 66.9 Å². The number of fused-ring (bicyclic) bond motifs is 1. The van der Waals surface area contributed by atoms with E-state index in [-0.39, 0.29) is 23.8 Å². The van der Waals surface area contributed by atoms with Gasteiger partial charge in [0.2, 0.25) is 23.6 Å². The molecule has 0 aliphatic heterocycles. The van der Waals surface area contributed by atoms with E-state index in [4.69, 9.17) is 4.52 Å². The predicted molar refractivity (Wildman–Crippen MR) is 137 cm³/mol. The largest absolute Gasteiger partial charge is 0.350 e. The molecule has 11 heteroatoms. The lowest BCUT2D eigenvalue weighted by atomic mass is 10.1. The molecule has 9 nitrogen and oxygen atoms in total. The Morgan fingerprint density at radius 3 is 2.56 bits per heavy atom. The monoisotopic (exact) mass is 528 g/mol. The lowest BCUT2D eigenvalue weighted by Crippen LogP contribution is -2.49. The first-order valence-corrected chi connectivity index (χ1v) is 12.3. The molecule has 2 aromatic carbocycles. The molecule has 6 rings (SSSR count). The minimum atomic E-state index is -1.06. The second-order valence-corrected chi connectivity index (χ2v) is 9.43. The number of hydrogen-bond donors (Lipinski definition) is 2. The molecular weight excluding hydrogens is 506 g/mol. The van der Waals surface area contributed by atoms with Crippen LogP contribution >= 0.6 is 0 Å². The van der Waals surface area contributed by atoms with E-state index in [0.717, 1.165) is 16.8 Å². The van der Waals surface area contributed by atoms with Crippen LogP contribution < -0.4 is 10.6 Å². The zero-order valence-corrected chi connectivity index (χ0v) is 20.7. The molecular formula is C28H22F2N6O3. The summed E-state index contributed by atoms with van der Waals surface area (Å²) in [5, 5.41) is 10.2. The number of pyridine rings is 1. The van der Waals surface area contributed by atoms with Crippen molar-refractivity contribution in [3.63, 3.8) is 0 Å². The van der Waals surface area contributed by atoms with Gasteiger partial charge >= 0.3 is 0 Å². The Morgan fingerprint density at radius 2 is 1.87 bits per heavy atom. The molecule has 196 valence electrons. The number of rotatable bonds is 7. The van der Waals surface area contributed by atoms with Crippen molar-refractivity contribution in [1.29, 1.82) is 0 Å². The van der Waals surface area contributed by atoms with Gasteiger partial charge in [0.05, 0.1) is 16.8 Å². The molecule has 0 bridgehead atoms. The van der Waals surface area contributed by atoms with Crippen molar-refractivity contribution < 1.29 is 22.9 Å². The number of hydrogen-bond acceptors (Lipinski definition) is 6. The molecule has 5 aromatic rings. The molecule has 0 atom stereocenters. The standard InChI is InChI=1S/C28H22F2N6O3/c1-16-33-25(35-39-16)23-14-18-13-19(29)6-9-22(18)36(23)20-7-4-17(5-8-20)15-32-27(38)28(10-11-28)34-26(37)21-3-2-12-31-24(21)30/h2-9,12-14H,10-11,15H2,1H3,(H,32,38)(H,34,37). The Kier molecular flexibility index (Phi) is 5.90. The predicted octanol–water partition coefficient (Wildman–Crippen LogP) is 4.24. The summed E-state index contributed by atoms with van der Waals surface area (Å²) in [6.07, 6.45) is 2.18. The van der Waals surface area contributed by atoms with Gasteiger partial charge in [0.25, 0.3) is 5.91 Å². The van der Waals surface area contributed by atoms with Crippen LogP contribution in [0.25, 0.3) is 28.1 Å². The van der Waals surface area contributed by atoms with E-state index in [1.54, 1.807) is 19.1 Å². The fourth-order valence-corrected chi connectivity index (χ4v) is 4.52. The molecule has 2 N–H and O–H groups in total. The average Bonchev–Trinajstić information content (AvgIpc) is 3.42. The van der Waals surface area contributed by atoms with E-state index in [0.29, 0.717) is 35.6 Å². The fourth-order valence-electron chi connectivity index (χ4n) is 4.52. The number of aromatic nitrogens is 4. The first-order chi connectivity index (χ1) is 18.8. The lowest BCUT2D eigenvalue weighted by molar-refractivity contribution is -0.124. The van der Waals surface area contributed by atoms with Crippen molar-refractivity contribution in [1.82, 2.24) is 30.3 Å². The molecule has 1 aliphatic carbocycles. The molecule has 0 radical (unpaired) electrons. The summed E-state index contributed by atoms with van der Waals surface area (Å²) in [5.74, 6) is -1.46. The van der Waals surface area contributed by atoms with Gasteiger partial charge < -0.3 is 19.7 Å². The molecule has 1 saturated carbocycles. The van der Waals surface area contributed by atoms with E-state index in [1.807, 2.05) is 28.8 Å². The number of aryl methyl sites for hydroxylation is 1. The SMILES string of the molecule is Cc1nc(-c2cc3cc(F)ccc3n2-c2ccc(CNC(=O)C3(NC(=O)c4cccnc4F)CC3)cc2)no1. The van der Waals surface area contributed by atoms with Gasteiger partial charge in [-0.1, -0.05) is 17.3 Å². The van der Waals surface area contributed by atoms with Gasteiger partial charge in [0, 0.05) is 30.7 Å². The molecule has 0 saturated heterocycles. The number of benzene rings is 2. The number of carbonyl (C=O) groups is 2. The molecule has 3 aromatic heterocycles. The van der Waals surface area contributed by atoms with Crippen LogP contribution in [0.1, 0.15) is 34.7 Å². The van der Waals surface area contributed by atoms with Crippen molar-refractivity contribution in [3.05, 3.63) is 95.6 Å². The van der Waals surface area contributed by atoms with Crippen LogP contribution in [0.15, 0.2) is 71.4 Å². The van der Waals surface area contributed by atoms with E-state index < -0.39 is 17.4 Å². The third-order valence-electron chi connectivity index (χ3n) is 6.71. The highest BCUT2D eigenvalue weighted by molar-refractivity contribution is 6.00. The van der Waals surface area contributed by atoms with Gasteiger partial charge in [-0.2, -0.15) is 9.37 Å². The highest BCUT2D eigenvalue weighted by Crippen LogP contribution is 2.36. The van der Waals surface area contributed by atoms with E-state index in [1.165, 1.54) is 30.5 Å². The highest BCUT2D eigenvalue weighted by Gasteiger charge is 2.51. The number of nitrogens with zero attached hydrogens (tertiary/aromatic N) is 4. The lowest BCUT2D eigenvalue weighted by Gasteiger charge is -2.17. The summed E-state index contributed by atoms with van der Waals surface area (Å²) < 4.78 is 34.8. The zero-order chi connectivity index (χ0) is 27.1. The summed E-state index contributed by atoms with van der Waals surface area (Å²) in [4.78, 5) is 33.2. The summed E-state index contributed by atoms with van der Waals surface area (Å²) in [7, 11) is 0. The van der Waals surface area contributed by atoms with E-state index in [2.05, 4.69) is 25.8 Å². The highest BCUT2D eigenvalue weighted by atomic mass is 19.1. The van der Waals surface area contributed by atoms with Crippen LogP contribution in [0.3, 0.4) is 0 Å². The number of nitrogens with one attached hydrogen (secondary N) is 2.